The summed E-state index contributed by atoms with van der Waals surface area (Å²) in [4.78, 5) is 38.4. The van der Waals surface area contributed by atoms with Crippen LogP contribution in [0.25, 0.3) is 11.0 Å². The van der Waals surface area contributed by atoms with Gasteiger partial charge in [-0.15, -0.1) is 0 Å². The fourth-order valence-electron chi connectivity index (χ4n) is 3.81. The van der Waals surface area contributed by atoms with Gasteiger partial charge in [-0.1, -0.05) is 42.7 Å². The Kier molecular flexibility index (Phi) is 5.13. The Hall–Kier alpha value is -2.74. The topological polar surface area (TPSA) is 86.0 Å². The lowest BCUT2D eigenvalue weighted by molar-refractivity contribution is -0.122. The van der Waals surface area contributed by atoms with Gasteiger partial charge in [-0.25, -0.2) is 4.79 Å². The highest BCUT2D eigenvalue weighted by Crippen LogP contribution is 2.17. The molecule has 8 heteroatoms. The van der Waals surface area contributed by atoms with E-state index in [4.69, 9.17) is 0 Å². The number of aromatic nitrogens is 3. The molecular weight excluding hydrogens is 376 g/mol. The van der Waals surface area contributed by atoms with Crippen LogP contribution in [0.3, 0.4) is 0 Å². The first-order valence-corrected chi connectivity index (χ1v) is 10.3. The Balaban J connectivity index is 1.71. The molecule has 0 bridgehead atoms. The van der Waals surface area contributed by atoms with E-state index in [1.807, 2.05) is 31.2 Å². The Bertz CT molecular complexity index is 1140. The van der Waals surface area contributed by atoms with Gasteiger partial charge in [-0.3, -0.25) is 18.7 Å². The number of fused-ring (bicyclic) bond motifs is 1. The number of amides is 1. The zero-order valence-electron chi connectivity index (χ0n) is 15.7. The predicted octanol–water partition coefficient (Wildman–Crippen LogP) is 2.04. The van der Waals surface area contributed by atoms with Crippen molar-refractivity contribution in [3.8, 4) is 0 Å². The smallest absolute Gasteiger partial charge is 0.332 e. The molecule has 1 saturated carbocycles. The second kappa shape index (κ2) is 7.71. The Morgan fingerprint density at radius 3 is 2.79 bits per heavy atom. The predicted molar refractivity (Wildman–Crippen MR) is 109 cm³/mol. The summed E-state index contributed by atoms with van der Waals surface area (Å²) in [5.74, 6) is -0.206. The minimum absolute atomic E-state index is 0.113. The molecule has 0 aliphatic heterocycles. The Labute approximate surface area is 165 Å². The summed E-state index contributed by atoms with van der Waals surface area (Å²) in [6, 6.07) is 7.85. The quantitative estimate of drug-likeness (QED) is 0.713. The molecule has 0 atom stereocenters. The highest BCUT2D eigenvalue weighted by Gasteiger charge is 2.20. The largest absolute Gasteiger partial charge is 0.352 e. The minimum Gasteiger partial charge on any atom is -0.352 e. The van der Waals surface area contributed by atoms with E-state index in [0.29, 0.717) is 5.52 Å². The molecule has 1 amide bonds. The second-order valence-corrected chi connectivity index (χ2v) is 7.98. The minimum atomic E-state index is -0.485. The summed E-state index contributed by atoms with van der Waals surface area (Å²) < 4.78 is 6.70. The molecule has 7 nitrogen and oxygen atoms in total. The zero-order chi connectivity index (χ0) is 19.7. The molecule has 0 spiro atoms. The Morgan fingerprint density at radius 2 is 2.04 bits per heavy atom. The van der Waals surface area contributed by atoms with E-state index >= 15 is 0 Å². The van der Waals surface area contributed by atoms with E-state index < -0.39 is 11.2 Å². The van der Waals surface area contributed by atoms with Crippen LogP contribution in [0.2, 0.25) is 0 Å². The third-order valence-corrected chi connectivity index (χ3v) is 5.81. The highest BCUT2D eigenvalue weighted by atomic mass is 32.1. The van der Waals surface area contributed by atoms with Gasteiger partial charge < -0.3 is 5.32 Å². The molecule has 0 radical (unpaired) electrons. The molecule has 2 aromatic heterocycles. The lowest BCUT2D eigenvalue weighted by Gasteiger charge is -2.15. The molecule has 28 heavy (non-hydrogen) atoms. The highest BCUT2D eigenvalue weighted by molar-refractivity contribution is 7.04. The molecule has 1 N–H and O–H groups in total. The van der Waals surface area contributed by atoms with E-state index in [1.165, 1.54) is 9.13 Å². The molecule has 1 aromatic carbocycles. The van der Waals surface area contributed by atoms with Gasteiger partial charge in [-0.05, 0) is 36.9 Å². The van der Waals surface area contributed by atoms with E-state index in [9.17, 15) is 14.4 Å². The third kappa shape index (κ3) is 3.64. The van der Waals surface area contributed by atoms with Gasteiger partial charge in [0.2, 0.25) is 5.91 Å². The number of nitrogens with one attached hydrogen (secondary N) is 1. The number of carbonyl (C=O) groups excluding carboxylic acids is 1. The van der Waals surface area contributed by atoms with Crippen LogP contribution in [0, 0.1) is 6.92 Å². The van der Waals surface area contributed by atoms with Crippen LogP contribution >= 0.6 is 11.5 Å². The van der Waals surface area contributed by atoms with Gasteiger partial charge in [0, 0.05) is 11.4 Å². The molecule has 146 valence electrons. The monoisotopic (exact) mass is 398 g/mol. The van der Waals surface area contributed by atoms with Crippen LogP contribution in [0.15, 0.2) is 39.2 Å². The number of rotatable bonds is 5. The molecule has 4 rings (SSSR count). The first kappa shape index (κ1) is 18.6. The molecule has 3 aromatic rings. The van der Waals surface area contributed by atoms with Gasteiger partial charge in [0.05, 0.1) is 12.1 Å². The van der Waals surface area contributed by atoms with Crippen LogP contribution in [0.5, 0.6) is 0 Å². The SMILES string of the molecule is Cc1cccc(Cn2c(=O)c3nscc3n(CC(=O)NC3CCCC3)c2=O)c1. The fraction of sp³-hybridized carbons (Fsp3) is 0.400. The van der Waals surface area contributed by atoms with E-state index in [-0.39, 0.29) is 30.6 Å². The lowest BCUT2D eigenvalue weighted by Crippen LogP contribution is -2.44. The fourth-order valence-corrected chi connectivity index (χ4v) is 4.48. The number of benzene rings is 1. The van der Waals surface area contributed by atoms with Crippen molar-refractivity contribution in [2.24, 2.45) is 0 Å². The number of carbonyl (C=O) groups is 1. The average molecular weight is 398 g/mol. The number of hydrogen-bond donors (Lipinski definition) is 1. The van der Waals surface area contributed by atoms with Crippen molar-refractivity contribution in [2.45, 2.75) is 51.7 Å². The normalized spacial score (nSPS) is 14.6. The van der Waals surface area contributed by atoms with Crippen molar-refractivity contribution in [2.75, 3.05) is 0 Å². The summed E-state index contributed by atoms with van der Waals surface area (Å²) in [5.41, 5.74) is 1.65. The zero-order valence-corrected chi connectivity index (χ0v) is 16.5. The third-order valence-electron chi connectivity index (χ3n) is 5.20. The number of nitrogens with zero attached hydrogens (tertiary/aromatic N) is 3. The van der Waals surface area contributed by atoms with Crippen LogP contribution < -0.4 is 16.6 Å². The molecule has 2 heterocycles. The molecule has 1 fully saturated rings. The van der Waals surface area contributed by atoms with Crippen LogP contribution in [0.4, 0.5) is 0 Å². The maximum atomic E-state index is 13.1. The standard InChI is InChI=1S/C20H22N4O3S/c1-13-5-4-6-14(9-13)10-24-19(26)18-16(12-28-22-18)23(20(24)27)11-17(25)21-15-7-2-3-8-15/h4-6,9,12,15H,2-3,7-8,10-11H2,1H3,(H,21,25). The number of aryl methyl sites for hydroxylation is 1. The lowest BCUT2D eigenvalue weighted by atomic mass is 10.1. The van der Waals surface area contributed by atoms with Crippen molar-refractivity contribution in [1.29, 1.82) is 0 Å². The van der Waals surface area contributed by atoms with Crippen LogP contribution in [-0.4, -0.2) is 25.5 Å². The van der Waals surface area contributed by atoms with E-state index in [0.717, 1.165) is 48.3 Å². The summed E-state index contributed by atoms with van der Waals surface area (Å²) >= 11 is 1.11. The van der Waals surface area contributed by atoms with Crippen molar-refractivity contribution in [3.63, 3.8) is 0 Å². The molecule has 1 aliphatic carbocycles. The molecule has 0 saturated heterocycles. The summed E-state index contributed by atoms with van der Waals surface area (Å²) in [7, 11) is 0. The number of hydrogen-bond acceptors (Lipinski definition) is 5. The maximum absolute atomic E-state index is 13.1. The summed E-state index contributed by atoms with van der Waals surface area (Å²) in [6.45, 7) is 2.00. The molecule has 1 aliphatic rings. The molecule has 0 unspecified atom stereocenters. The van der Waals surface area contributed by atoms with Crippen molar-refractivity contribution < 1.29 is 4.79 Å². The van der Waals surface area contributed by atoms with Gasteiger partial charge in [0.15, 0.2) is 5.52 Å². The first-order chi connectivity index (χ1) is 13.5. The van der Waals surface area contributed by atoms with Gasteiger partial charge in [0.1, 0.15) is 6.54 Å². The van der Waals surface area contributed by atoms with Gasteiger partial charge in [0.25, 0.3) is 5.56 Å². The average Bonchev–Trinajstić information content (AvgIpc) is 3.34. The first-order valence-electron chi connectivity index (χ1n) is 9.45. The van der Waals surface area contributed by atoms with E-state index in [1.54, 1.807) is 5.38 Å². The van der Waals surface area contributed by atoms with Crippen molar-refractivity contribution in [1.82, 2.24) is 18.8 Å². The summed E-state index contributed by atoms with van der Waals surface area (Å²) in [6.07, 6.45) is 4.18. The maximum Gasteiger partial charge on any atom is 0.332 e. The van der Waals surface area contributed by atoms with Crippen molar-refractivity contribution in [3.05, 3.63) is 61.6 Å². The molecular formula is C20H22N4O3S. The summed E-state index contributed by atoms with van der Waals surface area (Å²) in [5, 5.41) is 4.65. The Morgan fingerprint density at radius 1 is 1.25 bits per heavy atom. The van der Waals surface area contributed by atoms with Crippen LogP contribution in [0.1, 0.15) is 36.8 Å². The van der Waals surface area contributed by atoms with Crippen LogP contribution in [-0.2, 0) is 17.9 Å². The second-order valence-electron chi connectivity index (χ2n) is 7.35. The van der Waals surface area contributed by atoms with E-state index in [2.05, 4.69) is 9.69 Å². The van der Waals surface area contributed by atoms with Gasteiger partial charge >= 0.3 is 5.69 Å². The van der Waals surface area contributed by atoms with Gasteiger partial charge in [-0.2, -0.15) is 4.37 Å². The van der Waals surface area contributed by atoms with Crippen molar-refractivity contribution >= 4 is 28.5 Å².